The third-order valence-electron chi connectivity index (χ3n) is 11.9. The number of fused-ring (bicyclic) bond motifs is 7. The summed E-state index contributed by atoms with van der Waals surface area (Å²) in [5, 5.41) is 18.6. The number of thiophene rings is 1. The van der Waals surface area contributed by atoms with Gasteiger partial charge in [-0.1, -0.05) is 100 Å². The number of carbonyl (C=O) groups is 1. The van der Waals surface area contributed by atoms with E-state index in [9.17, 15) is 15.2 Å². The van der Waals surface area contributed by atoms with Gasteiger partial charge in [0.2, 0.25) is 0 Å². The van der Waals surface area contributed by atoms with Gasteiger partial charge in [-0.2, -0.15) is 14.0 Å². The first-order valence-corrected chi connectivity index (χ1v) is 20.6. The Morgan fingerprint density at radius 3 is 1.81 bits per heavy atom. The number of carboxylic acid groups (broad SMARTS) is 1. The third kappa shape index (κ3) is 5.44. The van der Waals surface area contributed by atoms with Crippen molar-refractivity contribution in [3.8, 4) is 50.0 Å². The van der Waals surface area contributed by atoms with E-state index in [-0.39, 0.29) is 16.4 Å². The van der Waals surface area contributed by atoms with E-state index in [1.54, 1.807) is 12.1 Å². The fourth-order valence-corrected chi connectivity index (χ4v) is 10.4. The van der Waals surface area contributed by atoms with Crippen LogP contribution in [0.1, 0.15) is 54.8 Å². The predicted octanol–water partition coefficient (Wildman–Crippen LogP) is 12.6. The number of aliphatic carboxylic acids is 1. The van der Waals surface area contributed by atoms with Crippen LogP contribution in [0.25, 0.3) is 61.1 Å². The normalized spacial score (nSPS) is 14.4. The van der Waals surface area contributed by atoms with E-state index in [0.717, 1.165) is 50.3 Å². The van der Waals surface area contributed by atoms with Gasteiger partial charge in [-0.25, -0.2) is 4.79 Å². The summed E-state index contributed by atoms with van der Waals surface area (Å²) >= 11 is 2.48. The van der Waals surface area contributed by atoms with Crippen LogP contribution in [0.4, 0.5) is 17.1 Å². The highest BCUT2D eigenvalue weighted by Gasteiger charge is 2.37. The first-order valence-electron chi connectivity index (χ1n) is 19.0. The van der Waals surface area contributed by atoms with Crippen LogP contribution >= 0.6 is 23.1 Å². The molecule has 0 aliphatic heterocycles. The molecule has 280 valence electrons. The van der Waals surface area contributed by atoms with Crippen LogP contribution in [0.5, 0.6) is 0 Å². The quantitative estimate of drug-likeness (QED) is 0.127. The van der Waals surface area contributed by atoms with Crippen molar-refractivity contribution < 1.29 is 9.90 Å². The molecule has 3 heterocycles. The summed E-state index contributed by atoms with van der Waals surface area (Å²) in [7, 11) is 0. The zero-order chi connectivity index (χ0) is 39.9. The third-order valence-corrected chi connectivity index (χ3v) is 13.4. The highest BCUT2D eigenvalue weighted by Crippen LogP contribution is 2.53. The summed E-state index contributed by atoms with van der Waals surface area (Å²) in [6.07, 6.45) is 3.21. The van der Waals surface area contributed by atoms with Crippen molar-refractivity contribution in [2.75, 3.05) is 4.90 Å². The number of rotatable bonds is 7. The number of benzene rings is 5. The fraction of sp³-hybridized carbons (Fsp3) is 0.122. The number of nitrogens with zero attached hydrogens (tertiary/aromatic N) is 5. The maximum Gasteiger partial charge on any atom is 0.346 e. The molecule has 2 aliphatic carbocycles. The molecule has 0 fully saturated rings. The Balaban J connectivity index is 1.06. The number of hydrogen-bond acceptors (Lipinski definition) is 8. The average Bonchev–Trinajstić information content (AvgIpc) is 4.01. The summed E-state index contributed by atoms with van der Waals surface area (Å²) < 4.78 is 9.34. The first kappa shape index (κ1) is 35.7. The molecule has 2 aliphatic rings. The van der Waals surface area contributed by atoms with Crippen molar-refractivity contribution in [3.05, 3.63) is 160 Å². The summed E-state index contributed by atoms with van der Waals surface area (Å²) in [4.78, 5) is 20.1. The van der Waals surface area contributed by atoms with Gasteiger partial charge in [0.15, 0.2) is 0 Å². The molecule has 58 heavy (non-hydrogen) atoms. The van der Waals surface area contributed by atoms with E-state index in [1.807, 2.05) is 12.3 Å². The van der Waals surface area contributed by atoms with Gasteiger partial charge in [0.05, 0.1) is 16.6 Å². The van der Waals surface area contributed by atoms with Gasteiger partial charge >= 0.3 is 5.97 Å². The van der Waals surface area contributed by atoms with Gasteiger partial charge in [-0.05, 0) is 105 Å². The molecule has 0 radical (unpaired) electrons. The monoisotopic (exact) mass is 789 g/mol. The molecule has 9 heteroatoms. The molecule has 7 nitrogen and oxygen atoms in total. The molecule has 0 spiro atoms. The molecule has 10 rings (SSSR count). The average molecular weight is 790 g/mol. The summed E-state index contributed by atoms with van der Waals surface area (Å²) in [6, 6.07) is 45.3. The van der Waals surface area contributed by atoms with Crippen molar-refractivity contribution in [1.82, 2.24) is 13.7 Å². The molecule has 3 aromatic heterocycles. The molecule has 5 aromatic carbocycles. The Bertz CT molecular complexity index is 2970. The molecule has 0 saturated heterocycles. The van der Waals surface area contributed by atoms with Gasteiger partial charge in [0, 0.05) is 44.5 Å². The van der Waals surface area contributed by atoms with Crippen molar-refractivity contribution in [1.29, 1.82) is 5.26 Å². The lowest BCUT2D eigenvalue weighted by Gasteiger charge is -2.30. The molecule has 0 unspecified atom stereocenters. The van der Waals surface area contributed by atoms with Crippen molar-refractivity contribution in [2.45, 2.75) is 38.5 Å². The van der Waals surface area contributed by atoms with Gasteiger partial charge < -0.3 is 10.0 Å². The number of pyridine rings is 1. The Labute approximate surface area is 344 Å². The van der Waals surface area contributed by atoms with E-state index in [0.29, 0.717) is 16.1 Å². The van der Waals surface area contributed by atoms with E-state index in [1.165, 1.54) is 61.9 Å². The first-order chi connectivity index (χ1) is 28.0. The van der Waals surface area contributed by atoms with E-state index < -0.39 is 5.97 Å². The Hall–Kier alpha value is -6.73. The maximum atomic E-state index is 11.4. The van der Waals surface area contributed by atoms with Gasteiger partial charge in [-0.3, -0.25) is 4.98 Å². The summed E-state index contributed by atoms with van der Waals surface area (Å²) in [5.41, 5.74) is 17.0. The van der Waals surface area contributed by atoms with Crippen LogP contribution in [-0.2, 0) is 15.6 Å². The smallest absolute Gasteiger partial charge is 0.346 e. The number of anilines is 3. The zero-order valence-corrected chi connectivity index (χ0v) is 33.7. The lowest BCUT2D eigenvalue weighted by molar-refractivity contribution is -0.132. The van der Waals surface area contributed by atoms with Gasteiger partial charge in [0.25, 0.3) is 0 Å². The largest absolute Gasteiger partial charge is 0.477 e. The number of nitriles is 1. The van der Waals surface area contributed by atoms with Crippen molar-refractivity contribution in [2.24, 2.45) is 0 Å². The molecule has 0 atom stereocenters. The van der Waals surface area contributed by atoms with Crippen molar-refractivity contribution in [3.63, 3.8) is 0 Å². The lowest BCUT2D eigenvalue weighted by Crippen LogP contribution is -2.18. The lowest BCUT2D eigenvalue weighted by atomic mass is 9.82. The minimum Gasteiger partial charge on any atom is -0.477 e. The fourth-order valence-electron chi connectivity index (χ4n) is 8.91. The second-order valence-electron chi connectivity index (χ2n) is 15.8. The molecule has 0 saturated carbocycles. The predicted molar refractivity (Wildman–Crippen MR) is 235 cm³/mol. The Kier molecular flexibility index (Phi) is 8.10. The molecular weight excluding hydrogens is 755 g/mol. The van der Waals surface area contributed by atoms with Gasteiger partial charge in [-0.15, -0.1) is 11.3 Å². The van der Waals surface area contributed by atoms with Crippen molar-refractivity contribution >= 4 is 63.2 Å². The highest BCUT2D eigenvalue weighted by atomic mass is 32.1. The van der Waals surface area contributed by atoms with E-state index in [2.05, 4.69) is 146 Å². The second kappa shape index (κ2) is 13.2. The van der Waals surface area contributed by atoms with Crippen LogP contribution in [0.2, 0.25) is 0 Å². The number of hydrogen-bond donors (Lipinski definition) is 1. The topological polar surface area (TPSA) is 103 Å². The van der Waals surface area contributed by atoms with Crippen LogP contribution in [-0.4, -0.2) is 24.8 Å². The summed E-state index contributed by atoms with van der Waals surface area (Å²) in [5.74, 6) is -1.26. The SMILES string of the molecule is CC1(C)c2ccccc2-c2ccc(N(c3ccc(-c4cnc(-c5ccc(/C=C(\C#N)C(=O)O)s5)c5nsnc45)cc3)c3ccc4c(c3)C(C)(C)c3ccccc3-4)cc21. The Morgan fingerprint density at radius 2 is 1.22 bits per heavy atom. The molecule has 8 aromatic rings. The Morgan fingerprint density at radius 1 is 0.672 bits per heavy atom. The summed E-state index contributed by atoms with van der Waals surface area (Å²) in [6.45, 7) is 9.28. The molecular formula is C49H35N5O2S2. The molecule has 0 bridgehead atoms. The standard InChI is InChI=1S/C49H35N5O2S2/c1-48(2)39-11-7-5-9-34(39)36-20-17-31(24-41(36)48)54(32-18-21-37-35-10-6-8-12-40(35)49(3,4)42(37)25-32)30-15-13-28(14-16-30)38-27-51-45(46-44(38)52-58-53-46)43-22-19-33(57-43)23-29(26-50)47(55)56/h5-25,27H,1-4H3,(H,55,56)/b29-23+. The number of aromatic nitrogens is 3. The molecule has 0 amide bonds. The maximum absolute atomic E-state index is 11.4. The van der Waals surface area contributed by atoms with Crippen LogP contribution in [0.15, 0.2) is 133 Å². The minimum absolute atomic E-state index is 0.148. The van der Waals surface area contributed by atoms with Crippen LogP contribution in [0, 0.1) is 11.3 Å². The second-order valence-corrected chi connectivity index (χ2v) is 17.5. The van der Waals surface area contributed by atoms with E-state index >= 15 is 0 Å². The number of carboxylic acids is 1. The van der Waals surface area contributed by atoms with Crippen LogP contribution < -0.4 is 4.90 Å². The minimum atomic E-state index is -1.26. The van der Waals surface area contributed by atoms with Crippen LogP contribution in [0.3, 0.4) is 0 Å². The molecule has 1 N–H and O–H groups in total. The van der Waals surface area contributed by atoms with E-state index in [4.69, 9.17) is 9.36 Å². The van der Waals surface area contributed by atoms with Gasteiger partial charge in [0.1, 0.15) is 28.4 Å². The zero-order valence-electron chi connectivity index (χ0n) is 32.1. The highest BCUT2D eigenvalue weighted by molar-refractivity contribution is 7.16.